The lowest BCUT2D eigenvalue weighted by Crippen LogP contribution is -2.46. The van der Waals surface area contributed by atoms with Gasteiger partial charge in [0.1, 0.15) is 5.92 Å². The summed E-state index contributed by atoms with van der Waals surface area (Å²) in [4.78, 5) is 0. The number of hydrogen-bond acceptors (Lipinski definition) is 0. The van der Waals surface area contributed by atoms with Crippen LogP contribution in [-0.2, 0) is 0 Å². The van der Waals surface area contributed by atoms with E-state index in [1.807, 2.05) is 0 Å². The van der Waals surface area contributed by atoms with Crippen molar-refractivity contribution in [3.8, 4) is 0 Å². The topological polar surface area (TPSA) is 0 Å². The molecule has 0 aromatic rings. The van der Waals surface area contributed by atoms with E-state index in [1.165, 1.54) is 0 Å². The molecule has 10 heteroatoms. The van der Waals surface area contributed by atoms with Crippen molar-refractivity contribution in [1.82, 2.24) is 0 Å². The zero-order valence-electron chi connectivity index (χ0n) is 7.09. The molecule has 0 nitrogen and oxygen atoms in total. The van der Waals surface area contributed by atoms with E-state index in [-0.39, 0.29) is 0 Å². The second-order valence-corrected chi connectivity index (χ2v) is 2.79. The first-order valence-corrected chi connectivity index (χ1v) is 3.58. The highest BCUT2D eigenvalue weighted by molar-refractivity contribution is 4.87. The third kappa shape index (κ3) is 3.71. The Balaban J connectivity index is 4.97. The Morgan fingerprint density at radius 3 is 1.19 bits per heavy atom. The predicted octanol–water partition coefficient (Wildman–Crippen LogP) is 3.67. The fraction of sp³-hybridized carbons (Fsp3) is 1.00. The molecule has 0 heterocycles. The summed E-state index contributed by atoms with van der Waals surface area (Å²) in [5.74, 6) is -4.30. The first kappa shape index (κ1) is 15.3. The summed E-state index contributed by atoms with van der Waals surface area (Å²) >= 11 is 0. The Morgan fingerprint density at radius 2 is 1.00 bits per heavy atom. The Labute approximate surface area is 82.2 Å². The smallest absolute Gasteiger partial charge is 0.243 e. The first-order valence-electron chi connectivity index (χ1n) is 3.58. The van der Waals surface area contributed by atoms with Gasteiger partial charge in [-0.05, 0) is 0 Å². The molecule has 0 fully saturated rings. The van der Waals surface area contributed by atoms with Crippen molar-refractivity contribution in [2.75, 3.05) is 0 Å². The molecule has 3 unspecified atom stereocenters. The normalized spacial score (nSPS) is 19.7. The first-order chi connectivity index (χ1) is 6.89. The molecule has 0 radical (unpaired) electrons. The van der Waals surface area contributed by atoms with Crippen LogP contribution in [0.25, 0.3) is 0 Å². The molecule has 0 saturated heterocycles. The monoisotopic (exact) mass is 266 g/mol. The summed E-state index contributed by atoms with van der Waals surface area (Å²) in [5, 5.41) is 0. The van der Waals surface area contributed by atoms with Gasteiger partial charge in [-0.3, -0.25) is 0 Å². The molecule has 16 heavy (non-hydrogen) atoms. The van der Waals surface area contributed by atoms with Crippen molar-refractivity contribution in [2.24, 2.45) is 5.92 Å². The van der Waals surface area contributed by atoms with Crippen LogP contribution in [0.15, 0.2) is 0 Å². The molecule has 0 N–H and O–H groups in total. The van der Waals surface area contributed by atoms with Crippen LogP contribution in [0.5, 0.6) is 0 Å². The van der Waals surface area contributed by atoms with Gasteiger partial charge < -0.3 is 0 Å². The van der Waals surface area contributed by atoms with Crippen molar-refractivity contribution in [3.05, 3.63) is 0 Å². The fourth-order valence-corrected chi connectivity index (χ4v) is 0.825. The molecule has 0 aromatic carbocycles. The molecule has 0 rings (SSSR count). The summed E-state index contributed by atoms with van der Waals surface area (Å²) < 4.78 is 118. The molecular formula is C6H4F10. The molecule has 0 bridgehead atoms. The largest absolute Gasteiger partial charge is 0.422 e. The van der Waals surface area contributed by atoms with Crippen molar-refractivity contribution in [2.45, 2.75) is 31.1 Å². The molecular weight excluding hydrogens is 262 g/mol. The second kappa shape index (κ2) is 4.66. The Bertz CT molecular complexity index is 214. The predicted molar refractivity (Wildman–Crippen MR) is 31.4 cm³/mol. The van der Waals surface area contributed by atoms with Gasteiger partial charge in [-0.15, -0.1) is 0 Å². The highest BCUT2D eigenvalue weighted by atomic mass is 19.4. The maximum atomic E-state index is 12.4. The van der Waals surface area contributed by atoms with Gasteiger partial charge in [0, 0.05) is 0 Å². The van der Waals surface area contributed by atoms with Gasteiger partial charge in [0.15, 0.2) is 6.17 Å². The summed E-state index contributed by atoms with van der Waals surface area (Å²) in [5.41, 5.74) is 0. The van der Waals surface area contributed by atoms with E-state index < -0.39 is 37.0 Å². The third-order valence-corrected chi connectivity index (χ3v) is 1.58. The lowest BCUT2D eigenvalue weighted by Gasteiger charge is -2.25. The van der Waals surface area contributed by atoms with E-state index in [0.29, 0.717) is 0 Å². The van der Waals surface area contributed by atoms with Crippen LogP contribution in [-0.4, -0.2) is 31.1 Å². The van der Waals surface area contributed by atoms with Gasteiger partial charge in [-0.25, -0.2) is 17.6 Å². The Morgan fingerprint density at radius 1 is 0.625 bits per heavy atom. The van der Waals surface area contributed by atoms with Crippen molar-refractivity contribution in [3.63, 3.8) is 0 Å². The van der Waals surface area contributed by atoms with Gasteiger partial charge in [-0.1, -0.05) is 0 Å². The third-order valence-electron chi connectivity index (χ3n) is 1.58. The van der Waals surface area contributed by atoms with Gasteiger partial charge >= 0.3 is 12.4 Å². The minimum Gasteiger partial charge on any atom is -0.243 e. The molecule has 3 atom stereocenters. The van der Waals surface area contributed by atoms with Crippen molar-refractivity contribution in [1.29, 1.82) is 0 Å². The van der Waals surface area contributed by atoms with E-state index in [4.69, 9.17) is 0 Å². The van der Waals surface area contributed by atoms with Crippen LogP contribution < -0.4 is 0 Å². The quantitative estimate of drug-likeness (QED) is 0.684. The van der Waals surface area contributed by atoms with Gasteiger partial charge in [-0.2, -0.15) is 26.3 Å². The van der Waals surface area contributed by atoms with E-state index in [2.05, 4.69) is 0 Å². The van der Waals surface area contributed by atoms with Crippen molar-refractivity contribution < 1.29 is 43.9 Å². The van der Waals surface area contributed by atoms with Crippen LogP contribution in [0.1, 0.15) is 0 Å². The summed E-state index contributed by atoms with van der Waals surface area (Å²) in [6.45, 7) is 0. The molecule has 0 aliphatic carbocycles. The zero-order valence-corrected chi connectivity index (χ0v) is 7.09. The molecule has 0 spiro atoms. The Hall–Kier alpha value is -0.700. The molecule has 0 aromatic heterocycles. The van der Waals surface area contributed by atoms with Crippen LogP contribution in [0.2, 0.25) is 0 Å². The lowest BCUT2D eigenvalue weighted by molar-refractivity contribution is -0.258. The molecule has 98 valence electrons. The van der Waals surface area contributed by atoms with E-state index in [9.17, 15) is 43.9 Å². The average Bonchev–Trinajstić information content (AvgIpc) is 1.97. The highest BCUT2D eigenvalue weighted by Crippen LogP contribution is 2.40. The minimum atomic E-state index is -5.96. The van der Waals surface area contributed by atoms with E-state index in [1.54, 1.807) is 0 Å². The maximum absolute atomic E-state index is 12.4. The molecule has 0 amide bonds. The van der Waals surface area contributed by atoms with Gasteiger partial charge in [0.05, 0.1) is 0 Å². The SMILES string of the molecule is FC(F)C(C(F)C(F)C(F)(F)F)C(F)(F)F. The fourth-order valence-electron chi connectivity index (χ4n) is 0.825. The zero-order chi connectivity index (χ0) is 13.3. The van der Waals surface area contributed by atoms with Crippen LogP contribution in [0.3, 0.4) is 0 Å². The van der Waals surface area contributed by atoms with E-state index in [0.717, 1.165) is 0 Å². The van der Waals surface area contributed by atoms with Crippen LogP contribution in [0.4, 0.5) is 43.9 Å². The number of hydrogen-bond donors (Lipinski definition) is 0. The Kier molecular flexibility index (Phi) is 4.46. The number of alkyl halides is 10. The maximum Gasteiger partial charge on any atom is 0.422 e. The lowest BCUT2D eigenvalue weighted by atomic mass is 9.99. The van der Waals surface area contributed by atoms with Gasteiger partial charge in [0.25, 0.3) is 6.43 Å². The van der Waals surface area contributed by atoms with Gasteiger partial charge in [0.2, 0.25) is 6.17 Å². The molecule has 0 aliphatic rings. The molecule has 0 saturated carbocycles. The summed E-state index contributed by atoms with van der Waals surface area (Å²) in [6, 6.07) is 0. The average molecular weight is 266 g/mol. The summed E-state index contributed by atoms with van der Waals surface area (Å²) in [6.07, 6.45) is -25.4. The highest BCUT2D eigenvalue weighted by Gasteiger charge is 2.59. The van der Waals surface area contributed by atoms with Crippen LogP contribution in [0, 0.1) is 5.92 Å². The summed E-state index contributed by atoms with van der Waals surface area (Å²) in [7, 11) is 0. The minimum absolute atomic E-state index is 4.30. The molecule has 0 aliphatic heterocycles. The van der Waals surface area contributed by atoms with E-state index >= 15 is 0 Å². The second-order valence-electron chi connectivity index (χ2n) is 2.79. The standard InChI is InChI=1S/C6H4F10/c7-2(3(8)6(14,15)16)1(4(9)10)5(11,12)13/h1-4H. The van der Waals surface area contributed by atoms with Crippen LogP contribution >= 0.6 is 0 Å². The number of rotatable bonds is 3. The number of halogens is 10. The van der Waals surface area contributed by atoms with Crippen molar-refractivity contribution >= 4 is 0 Å².